The monoisotopic (exact) mass is 551 g/mol. The number of benzene rings is 2. The molecule has 2 aromatic heterocycles. The Morgan fingerprint density at radius 3 is 2.34 bits per heavy atom. The van der Waals surface area contributed by atoms with Crippen LogP contribution >= 0.6 is 0 Å². The van der Waals surface area contributed by atoms with Gasteiger partial charge in [0.2, 0.25) is 5.88 Å². The van der Waals surface area contributed by atoms with Gasteiger partial charge in [-0.15, -0.1) is 10.2 Å². The Kier molecular flexibility index (Phi) is 6.59. The molecular formula is C33H37N5O3. The third-order valence-electron chi connectivity index (χ3n) is 8.19. The highest BCUT2D eigenvalue weighted by molar-refractivity contribution is 5.83. The lowest BCUT2D eigenvalue weighted by Crippen LogP contribution is -2.60. The van der Waals surface area contributed by atoms with Crippen LogP contribution in [0.25, 0.3) is 28.1 Å². The zero-order valence-electron chi connectivity index (χ0n) is 24.4. The van der Waals surface area contributed by atoms with E-state index < -0.39 is 17.2 Å². The van der Waals surface area contributed by atoms with Crippen molar-refractivity contribution in [3.05, 3.63) is 77.9 Å². The van der Waals surface area contributed by atoms with Gasteiger partial charge in [0.25, 0.3) is 0 Å². The standard InChI is InChI=1S/C33H37N5O3/c1-21(2)18-27-35-36-28-20-41-30-26(37(27)28)19-25(22-10-7-6-8-11-22)29(34-30)23-12-14-24(15-13-23)33(16-9-17-33)38(31(39)40)32(3,4)5/h6-8,10-15,19,21H,9,16-18,20H2,1-5H3,(H,39,40). The molecule has 0 radical (unpaired) electrons. The fourth-order valence-corrected chi connectivity index (χ4v) is 6.37. The van der Waals surface area contributed by atoms with Crippen molar-refractivity contribution in [2.24, 2.45) is 5.92 Å². The van der Waals surface area contributed by atoms with Crippen molar-refractivity contribution in [1.82, 2.24) is 24.6 Å². The molecule has 0 atom stereocenters. The molecule has 0 spiro atoms. The number of ether oxygens (including phenoxy) is 1. The van der Waals surface area contributed by atoms with Gasteiger partial charge in [0.15, 0.2) is 12.4 Å². The van der Waals surface area contributed by atoms with Gasteiger partial charge in [0.1, 0.15) is 11.5 Å². The topological polar surface area (TPSA) is 93.4 Å². The van der Waals surface area contributed by atoms with Gasteiger partial charge < -0.3 is 9.84 Å². The minimum atomic E-state index is -0.883. The molecule has 8 nitrogen and oxygen atoms in total. The maximum Gasteiger partial charge on any atom is 0.408 e. The maximum absolute atomic E-state index is 12.4. The Hall–Kier alpha value is -4.20. The molecule has 1 N–H and O–H groups in total. The summed E-state index contributed by atoms with van der Waals surface area (Å²) in [6, 6.07) is 20.7. The number of aromatic nitrogens is 4. The second-order valence-electron chi connectivity index (χ2n) is 12.6. The average molecular weight is 552 g/mol. The molecule has 4 aromatic rings. The third kappa shape index (κ3) is 4.65. The van der Waals surface area contributed by atoms with E-state index in [1.165, 1.54) is 0 Å². The molecule has 1 aliphatic heterocycles. The largest absolute Gasteiger partial charge is 0.468 e. The van der Waals surface area contributed by atoms with Gasteiger partial charge in [-0.25, -0.2) is 9.78 Å². The van der Waals surface area contributed by atoms with E-state index in [-0.39, 0.29) is 0 Å². The van der Waals surface area contributed by atoms with Crippen LogP contribution in [0.4, 0.5) is 4.79 Å². The van der Waals surface area contributed by atoms with Gasteiger partial charge in [-0.1, -0.05) is 68.4 Å². The summed E-state index contributed by atoms with van der Waals surface area (Å²) < 4.78 is 8.21. The first-order valence-electron chi connectivity index (χ1n) is 14.4. The van der Waals surface area contributed by atoms with Gasteiger partial charge in [-0.05, 0) is 63.1 Å². The Morgan fingerprint density at radius 1 is 1.05 bits per heavy atom. The summed E-state index contributed by atoms with van der Waals surface area (Å²) in [6.45, 7) is 10.6. The summed E-state index contributed by atoms with van der Waals surface area (Å²) in [7, 11) is 0. The number of rotatable bonds is 6. The molecule has 3 heterocycles. The number of hydrogen-bond acceptors (Lipinski definition) is 5. The molecular weight excluding hydrogens is 514 g/mol. The Labute approximate surface area is 241 Å². The third-order valence-corrected chi connectivity index (χ3v) is 8.19. The zero-order chi connectivity index (χ0) is 28.9. The van der Waals surface area contributed by atoms with Gasteiger partial charge in [-0.2, -0.15) is 0 Å². The van der Waals surface area contributed by atoms with Crippen molar-refractivity contribution in [2.75, 3.05) is 0 Å². The highest BCUT2D eigenvalue weighted by atomic mass is 16.5. The summed E-state index contributed by atoms with van der Waals surface area (Å²) in [5.74, 6) is 2.67. The van der Waals surface area contributed by atoms with Gasteiger partial charge in [-0.3, -0.25) is 9.47 Å². The van der Waals surface area contributed by atoms with Gasteiger partial charge in [0.05, 0.1) is 11.2 Å². The molecule has 0 unspecified atom stereocenters. The van der Waals surface area contributed by atoms with E-state index in [0.717, 1.165) is 71.0 Å². The lowest BCUT2D eigenvalue weighted by Gasteiger charge is -2.54. The molecule has 6 rings (SSSR count). The summed E-state index contributed by atoms with van der Waals surface area (Å²) in [4.78, 5) is 19.2. The smallest absolute Gasteiger partial charge is 0.408 e. The van der Waals surface area contributed by atoms with Gasteiger partial charge in [0, 0.05) is 23.1 Å². The predicted octanol–water partition coefficient (Wildman–Crippen LogP) is 7.24. The fourth-order valence-electron chi connectivity index (χ4n) is 6.37. The first kappa shape index (κ1) is 27.0. The highest BCUT2D eigenvalue weighted by Gasteiger charge is 2.50. The van der Waals surface area contributed by atoms with Crippen LogP contribution in [0, 0.1) is 5.92 Å². The summed E-state index contributed by atoms with van der Waals surface area (Å²) in [5.41, 5.74) is 4.63. The van der Waals surface area contributed by atoms with Crippen molar-refractivity contribution in [3.63, 3.8) is 0 Å². The van der Waals surface area contributed by atoms with Crippen molar-refractivity contribution in [3.8, 4) is 34.0 Å². The summed E-state index contributed by atoms with van der Waals surface area (Å²) >= 11 is 0. The lowest BCUT2D eigenvalue weighted by molar-refractivity contribution is -0.0328. The molecule has 8 heteroatoms. The molecule has 2 aliphatic rings. The molecule has 0 bridgehead atoms. The van der Waals surface area contributed by atoms with Crippen molar-refractivity contribution >= 4 is 6.09 Å². The fraction of sp³-hybridized carbons (Fsp3) is 0.394. The number of carbonyl (C=O) groups is 1. The van der Waals surface area contributed by atoms with E-state index in [4.69, 9.17) is 9.72 Å². The Bertz CT molecular complexity index is 1580. The van der Waals surface area contributed by atoms with Gasteiger partial charge >= 0.3 is 6.09 Å². The SMILES string of the molecule is CC(C)Cc1nnc2n1-c1cc(-c3ccccc3)c(-c3ccc(C4(N(C(=O)O)C(C)(C)C)CCC4)cc3)nc1OC2. The lowest BCUT2D eigenvalue weighted by atomic mass is 9.69. The van der Waals surface area contributed by atoms with E-state index in [0.29, 0.717) is 18.4 Å². The number of amides is 1. The number of fused-ring (bicyclic) bond motifs is 3. The van der Waals surface area contributed by atoms with Crippen LogP contribution in [0.15, 0.2) is 60.7 Å². The van der Waals surface area contributed by atoms with Crippen LogP contribution < -0.4 is 4.74 Å². The number of carboxylic acid groups (broad SMARTS) is 1. The number of nitrogens with zero attached hydrogens (tertiary/aromatic N) is 5. The first-order chi connectivity index (χ1) is 19.6. The van der Waals surface area contributed by atoms with Crippen LogP contribution in [-0.2, 0) is 18.6 Å². The highest BCUT2D eigenvalue weighted by Crippen LogP contribution is 2.50. The summed E-state index contributed by atoms with van der Waals surface area (Å²) in [6.07, 6.45) is 2.56. The van der Waals surface area contributed by atoms with Crippen LogP contribution in [-0.4, -0.2) is 41.4 Å². The molecule has 212 valence electrons. The second kappa shape index (κ2) is 10.0. The minimum absolute atomic E-state index is 0.314. The molecule has 2 aromatic carbocycles. The van der Waals surface area contributed by atoms with Crippen LogP contribution in [0.1, 0.15) is 71.1 Å². The number of hydrogen-bond donors (Lipinski definition) is 1. The zero-order valence-corrected chi connectivity index (χ0v) is 24.4. The Balaban J connectivity index is 1.47. The van der Waals surface area contributed by atoms with Crippen molar-refractivity contribution < 1.29 is 14.6 Å². The van der Waals surface area contributed by atoms with Crippen molar-refractivity contribution in [1.29, 1.82) is 0 Å². The van der Waals surface area contributed by atoms with E-state index in [2.05, 4.69) is 71.1 Å². The molecule has 0 saturated heterocycles. The normalized spacial score (nSPS) is 15.5. The molecule has 1 saturated carbocycles. The number of pyridine rings is 1. The quantitative estimate of drug-likeness (QED) is 0.271. The van der Waals surface area contributed by atoms with E-state index in [1.54, 1.807) is 4.90 Å². The first-order valence-corrected chi connectivity index (χ1v) is 14.4. The Morgan fingerprint density at radius 2 is 1.76 bits per heavy atom. The molecule has 41 heavy (non-hydrogen) atoms. The predicted molar refractivity (Wildman–Crippen MR) is 158 cm³/mol. The average Bonchev–Trinajstić information content (AvgIpc) is 3.32. The van der Waals surface area contributed by atoms with Crippen LogP contribution in [0.5, 0.6) is 5.88 Å². The van der Waals surface area contributed by atoms with Crippen LogP contribution in [0.3, 0.4) is 0 Å². The van der Waals surface area contributed by atoms with E-state index in [1.807, 2.05) is 39.0 Å². The van der Waals surface area contributed by atoms with Crippen LogP contribution in [0.2, 0.25) is 0 Å². The maximum atomic E-state index is 12.4. The molecule has 1 amide bonds. The minimum Gasteiger partial charge on any atom is -0.468 e. The molecule has 1 fully saturated rings. The summed E-state index contributed by atoms with van der Waals surface area (Å²) in [5, 5.41) is 19.1. The van der Waals surface area contributed by atoms with E-state index in [9.17, 15) is 9.90 Å². The second-order valence-corrected chi connectivity index (χ2v) is 12.6. The van der Waals surface area contributed by atoms with Crippen molar-refractivity contribution in [2.45, 2.75) is 78.0 Å². The van der Waals surface area contributed by atoms with E-state index >= 15 is 0 Å². The molecule has 1 aliphatic carbocycles.